The molecule has 0 aliphatic heterocycles. The first-order valence-electron chi connectivity index (χ1n) is 4.81. The van der Waals surface area contributed by atoms with Crippen LogP contribution in [0.5, 0.6) is 5.75 Å². The van der Waals surface area contributed by atoms with Crippen LogP contribution in [0.25, 0.3) is 11.1 Å². The van der Waals surface area contributed by atoms with Gasteiger partial charge in [0.25, 0.3) is 5.69 Å². The molecule has 0 atom stereocenters. The molecule has 0 saturated heterocycles. The van der Waals surface area contributed by atoms with Gasteiger partial charge in [0, 0.05) is 6.07 Å². The molecule has 0 spiro atoms. The van der Waals surface area contributed by atoms with E-state index in [1.54, 1.807) is 0 Å². The van der Waals surface area contributed by atoms with Gasteiger partial charge in [0.2, 0.25) is 0 Å². The highest BCUT2D eigenvalue weighted by Crippen LogP contribution is 2.31. The summed E-state index contributed by atoms with van der Waals surface area (Å²) in [5, 5.41) is 19.9. The van der Waals surface area contributed by atoms with Gasteiger partial charge in [-0.25, -0.2) is 4.39 Å². The van der Waals surface area contributed by atoms with E-state index in [4.69, 9.17) is 5.11 Å². The van der Waals surface area contributed by atoms with Gasteiger partial charge in [-0.2, -0.15) is 0 Å². The molecule has 0 radical (unpaired) electrons. The molecule has 0 aliphatic rings. The lowest BCUT2D eigenvalue weighted by molar-refractivity contribution is -0.384. The highest BCUT2D eigenvalue weighted by molar-refractivity contribution is 5.73. The summed E-state index contributed by atoms with van der Waals surface area (Å²) in [6, 6.07) is 9.05. The number of nitro groups is 1. The van der Waals surface area contributed by atoms with Gasteiger partial charge >= 0.3 is 0 Å². The molecule has 0 aliphatic carbocycles. The number of hydrogen-bond donors (Lipinski definition) is 1. The highest BCUT2D eigenvalue weighted by Gasteiger charge is 2.15. The molecule has 0 saturated carbocycles. The average molecular weight is 233 g/mol. The zero-order valence-corrected chi connectivity index (χ0v) is 8.63. The van der Waals surface area contributed by atoms with E-state index >= 15 is 0 Å². The Morgan fingerprint density at radius 1 is 1.12 bits per heavy atom. The molecular formula is C12H8FNO3. The molecular weight excluding hydrogens is 225 g/mol. The summed E-state index contributed by atoms with van der Waals surface area (Å²) in [6.45, 7) is 0. The third kappa shape index (κ3) is 2.23. The molecule has 17 heavy (non-hydrogen) atoms. The lowest BCUT2D eigenvalue weighted by Gasteiger charge is -2.03. The van der Waals surface area contributed by atoms with E-state index in [0.717, 1.165) is 18.2 Å². The molecule has 0 amide bonds. The Morgan fingerprint density at radius 2 is 1.76 bits per heavy atom. The minimum absolute atomic E-state index is 0.0489. The van der Waals surface area contributed by atoms with Crippen molar-refractivity contribution in [1.82, 2.24) is 0 Å². The van der Waals surface area contributed by atoms with Crippen LogP contribution in [0.4, 0.5) is 10.1 Å². The van der Waals surface area contributed by atoms with Gasteiger partial charge < -0.3 is 5.11 Å². The van der Waals surface area contributed by atoms with Crippen molar-refractivity contribution in [3.63, 3.8) is 0 Å². The first-order valence-corrected chi connectivity index (χ1v) is 4.81. The van der Waals surface area contributed by atoms with E-state index in [2.05, 4.69) is 0 Å². The second kappa shape index (κ2) is 4.21. The fourth-order valence-corrected chi connectivity index (χ4v) is 1.54. The molecule has 0 fully saturated rings. The highest BCUT2D eigenvalue weighted by atomic mass is 19.1. The van der Waals surface area contributed by atoms with Crippen molar-refractivity contribution in [2.75, 3.05) is 0 Å². The molecule has 0 heterocycles. The smallest absolute Gasteiger partial charge is 0.277 e. The van der Waals surface area contributed by atoms with Crippen molar-refractivity contribution in [2.24, 2.45) is 0 Å². The number of nitro benzene ring substituents is 1. The minimum atomic E-state index is -0.568. The standard InChI is InChI=1S/C12H8FNO3/c13-9-3-6-12(14(16)17)11(7-9)8-1-4-10(15)5-2-8/h1-7,15H. The molecule has 1 N–H and O–H groups in total. The summed E-state index contributed by atoms with van der Waals surface area (Å²) in [5.41, 5.74) is 0.501. The quantitative estimate of drug-likeness (QED) is 0.640. The summed E-state index contributed by atoms with van der Waals surface area (Å²) in [5.74, 6) is -0.494. The first kappa shape index (κ1) is 11.1. The van der Waals surface area contributed by atoms with E-state index in [-0.39, 0.29) is 17.0 Å². The Balaban J connectivity index is 2.60. The van der Waals surface area contributed by atoms with Crippen molar-refractivity contribution in [3.8, 4) is 16.9 Å². The summed E-state index contributed by atoms with van der Waals surface area (Å²) in [6.07, 6.45) is 0. The van der Waals surface area contributed by atoms with Crippen LogP contribution in [0.3, 0.4) is 0 Å². The number of aromatic hydroxyl groups is 1. The number of rotatable bonds is 2. The van der Waals surface area contributed by atoms with E-state index in [0.29, 0.717) is 5.56 Å². The molecule has 0 bridgehead atoms. The van der Waals surface area contributed by atoms with Crippen molar-refractivity contribution in [1.29, 1.82) is 0 Å². The number of nitrogens with zero attached hydrogens (tertiary/aromatic N) is 1. The maximum Gasteiger partial charge on any atom is 0.277 e. The average Bonchev–Trinajstić information content (AvgIpc) is 2.29. The first-order chi connectivity index (χ1) is 8.08. The van der Waals surface area contributed by atoms with Crippen LogP contribution < -0.4 is 0 Å². The number of benzene rings is 2. The van der Waals surface area contributed by atoms with Crippen LogP contribution in [0, 0.1) is 15.9 Å². The molecule has 2 aromatic rings. The van der Waals surface area contributed by atoms with Crippen LogP contribution >= 0.6 is 0 Å². The lowest BCUT2D eigenvalue weighted by atomic mass is 10.0. The second-order valence-electron chi connectivity index (χ2n) is 3.47. The summed E-state index contributed by atoms with van der Waals surface area (Å²) in [7, 11) is 0. The van der Waals surface area contributed by atoms with Gasteiger partial charge in [0.05, 0.1) is 10.5 Å². The van der Waals surface area contributed by atoms with Gasteiger partial charge in [-0.1, -0.05) is 12.1 Å². The van der Waals surface area contributed by atoms with Crippen LogP contribution in [-0.2, 0) is 0 Å². The molecule has 4 nitrogen and oxygen atoms in total. The van der Waals surface area contributed by atoms with Crippen molar-refractivity contribution in [2.45, 2.75) is 0 Å². The van der Waals surface area contributed by atoms with E-state index in [1.165, 1.54) is 24.3 Å². The largest absolute Gasteiger partial charge is 0.508 e. The van der Waals surface area contributed by atoms with E-state index in [1.807, 2.05) is 0 Å². The summed E-state index contributed by atoms with van der Waals surface area (Å²) >= 11 is 0. The molecule has 0 unspecified atom stereocenters. The molecule has 5 heteroatoms. The van der Waals surface area contributed by atoms with Crippen LogP contribution in [0.1, 0.15) is 0 Å². The molecule has 86 valence electrons. The van der Waals surface area contributed by atoms with Crippen molar-refractivity contribution < 1.29 is 14.4 Å². The zero-order valence-electron chi connectivity index (χ0n) is 8.63. The number of phenolic OH excluding ortho intramolecular Hbond substituents is 1. The third-order valence-corrected chi connectivity index (χ3v) is 2.33. The third-order valence-electron chi connectivity index (χ3n) is 2.33. The molecule has 0 aromatic heterocycles. The predicted octanol–water partition coefficient (Wildman–Crippen LogP) is 3.11. The summed E-state index contributed by atoms with van der Waals surface area (Å²) in [4.78, 5) is 10.2. The van der Waals surface area contributed by atoms with Gasteiger partial charge in [0.15, 0.2) is 0 Å². The fraction of sp³-hybridized carbons (Fsp3) is 0. The summed E-state index contributed by atoms with van der Waals surface area (Å²) < 4.78 is 13.1. The topological polar surface area (TPSA) is 63.4 Å². The maximum atomic E-state index is 13.1. The minimum Gasteiger partial charge on any atom is -0.508 e. The predicted molar refractivity (Wildman–Crippen MR) is 60.2 cm³/mol. The van der Waals surface area contributed by atoms with Crippen LogP contribution in [-0.4, -0.2) is 10.0 Å². The second-order valence-corrected chi connectivity index (χ2v) is 3.47. The van der Waals surface area contributed by atoms with Crippen LogP contribution in [0.15, 0.2) is 42.5 Å². The Bertz CT molecular complexity index is 566. The Labute approximate surface area is 96.1 Å². The van der Waals surface area contributed by atoms with Gasteiger partial charge in [0.1, 0.15) is 11.6 Å². The molecule has 2 aromatic carbocycles. The van der Waals surface area contributed by atoms with Crippen LogP contribution in [0.2, 0.25) is 0 Å². The normalized spacial score (nSPS) is 10.2. The number of hydrogen-bond acceptors (Lipinski definition) is 3. The van der Waals surface area contributed by atoms with E-state index < -0.39 is 10.7 Å². The van der Waals surface area contributed by atoms with Gasteiger partial charge in [-0.3, -0.25) is 10.1 Å². The monoisotopic (exact) mass is 233 g/mol. The van der Waals surface area contributed by atoms with E-state index in [9.17, 15) is 14.5 Å². The zero-order chi connectivity index (χ0) is 12.4. The van der Waals surface area contributed by atoms with Crippen molar-refractivity contribution >= 4 is 5.69 Å². The Kier molecular flexibility index (Phi) is 2.74. The fourth-order valence-electron chi connectivity index (χ4n) is 1.54. The Morgan fingerprint density at radius 3 is 2.35 bits per heavy atom. The Hall–Kier alpha value is -2.43. The number of phenols is 1. The lowest BCUT2D eigenvalue weighted by Crippen LogP contribution is -1.92. The SMILES string of the molecule is O=[N+]([O-])c1ccc(F)cc1-c1ccc(O)cc1. The number of halogens is 1. The van der Waals surface area contributed by atoms with Gasteiger partial charge in [-0.15, -0.1) is 0 Å². The van der Waals surface area contributed by atoms with Gasteiger partial charge in [-0.05, 0) is 29.8 Å². The van der Waals surface area contributed by atoms with Crippen molar-refractivity contribution in [3.05, 3.63) is 58.4 Å². The maximum absolute atomic E-state index is 13.1. The molecule has 2 rings (SSSR count).